The lowest BCUT2D eigenvalue weighted by Gasteiger charge is -2.36. The molecule has 3 aromatic carbocycles. The van der Waals surface area contributed by atoms with Crippen molar-refractivity contribution in [3.8, 4) is 0 Å². The van der Waals surface area contributed by atoms with Gasteiger partial charge in [0.05, 0.1) is 0 Å². The molecule has 0 saturated carbocycles. The lowest BCUT2D eigenvalue weighted by molar-refractivity contribution is -0.116. The van der Waals surface area contributed by atoms with E-state index in [9.17, 15) is 9.59 Å². The number of para-hydroxylation sites is 1. The molecule has 0 spiro atoms. The number of urea groups is 1. The molecule has 0 unspecified atom stereocenters. The van der Waals surface area contributed by atoms with Crippen LogP contribution in [0.25, 0.3) is 0 Å². The number of carbonyl (C=O) groups is 2. The molecule has 1 heterocycles. The van der Waals surface area contributed by atoms with Crippen LogP contribution in [0.15, 0.2) is 84.9 Å². The summed E-state index contributed by atoms with van der Waals surface area (Å²) in [5, 5.41) is 8.32. The largest absolute Gasteiger partial charge is 0.369 e. The van der Waals surface area contributed by atoms with Gasteiger partial charge in [0, 0.05) is 62.8 Å². The molecule has 3 N–H and O–H groups in total. The molecule has 0 aromatic heterocycles. The van der Waals surface area contributed by atoms with Gasteiger partial charge in [-0.15, -0.1) is 0 Å². The van der Waals surface area contributed by atoms with Gasteiger partial charge < -0.3 is 20.9 Å². The summed E-state index contributed by atoms with van der Waals surface area (Å²) in [5.74, 6) is -0.137. The summed E-state index contributed by atoms with van der Waals surface area (Å²) in [6.07, 6.45) is 0.202. The number of hydrogen-bond acceptors (Lipinski definition) is 4. The second-order valence-corrected chi connectivity index (χ2v) is 8.34. The molecule has 1 saturated heterocycles. The standard InChI is InChI=1S/C27H31N5O2/c33-26(15-16-28-27(34)30-23-9-5-2-6-10-23)29-24-11-13-25(14-12-24)32-19-17-31(18-20-32)21-22-7-3-1-4-8-22/h1-14H,15-21H2,(H,29,33)(H2,28,30,34). The van der Waals surface area contributed by atoms with Crippen LogP contribution in [-0.2, 0) is 11.3 Å². The molecule has 0 radical (unpaired) electrons. The van der Waals surface area contributed by atoms with Gasteiger partial charge >= 0.3 is 6.03 Å². The topological polar surface area (TPSA) is 76.7 Å². The number of piperazine rings is 1. The first-order chi connectivity index (χ1) is 16.7. The van der Waals surface area contributed by atoms with Crippen LogP contribution in [-0.4, -0.2) is 49.6 Å². The highest BCUT2D eigenvalue weighted by Gasteiger charge is 2.17. The summed E-state index contributed by atoms with van der Waals surface area (Å²) in [4.78, 5) is 29.0. The Bertz CT molecular complexity index is 1050. The Balaban J connectivity index is 1.16. The van der Waals surface area contributed by atoms with Crippen molar-refractivity contribution in [3.63, 3.8) is 0 Å². The highest BCUT2D eigenvalue weighted by Crippen LogP contribution is 2.20. The Labute approximate surface area is 200 Å². The van der Waals surface area contributed by atoms with E-state index in [1.165, 1.54) is 5.56 Å². The Kier molecular flexibility index (Phi) is 8.13. The molecule has 176 valence electrons. The zero-order chi connectivity index (χ0) is 23.6. The molecule has 1 aliphatic rings. The van der Waals surface area contributed by atoms with Gasteiger partial charge in [-0.25, -0.2) is 4.79 Å². The molecule has 3 amide bonds. The van der Waals surface area contributed by atoms with Gasteiger partial charge in [0.2, 0.25) is 5.91 Å². The van der Waals surface area contributed by atoms with Gasteiger partial charge in [0.1, 0.15) is 0 Å². The van der Waals surface area contributed by atoms with Crippen molar-refractivity contribution in [2.75, 3.05) is 48.3 Å². The molecule has 1 fully saturated rings. The van der Waals surface area contributed by atoms with Crippen LogP contribution in [0, 0.1) is 0 Å². The molecule has 0 atom stereocenters. The molecule has 3 aromatic rings. The van der Waals surface area contributed by atoms with Crippen molar-refractivity contribution < 1.29 is 9.59 Å². The number of anilines is 3. The highest BCUT2D eigenvalue weighted by molar-refractivity contribution is 5.92. The van der Waals surface area contributed by atoms with Crippen molar-refractivity contribution in [3.05, 3.63) is 90.5 Å². The number of hydrogen-bond donors (Lipinski definition) is 3. The number of amides is 3. The summed E-state index contributed by atoms with van der Waals surface area (Å²) in [6, 6.07) is 27.4. The van der Waals surface area contributed by atoms with Gasteiger partial charge in [-0.2, -0.15) is 0 Å². The predicted octanol–water partition coefficient (Wildman–Crippen LogP) is 4.16. The maximum atomic E-state index is 12.2. The van der Waals surface area contributed by atoms with Gasteiger partial charge in [-0.05, 0) is 42.0 Å². The first-order valence-electron chi connectivity index (χ1n) is 11.7. The van der Waals surface area contributed by atoms with E-state index in [1.807, 2.05) is 42.5 Å². The van der Waals surface area contributed by atoms with Crippen LogP contribution in [0.2, 0.25) is 0 Å². The number of nitrogens with one attached hydrogen (secondary N) is 3. The Morgan fingerprint density at radius 2 is 1.32 bits per heavy atom. The lowest BCUT2D eigenvalue weighted by Crippen LogP contribution is -2.45. The van der Waals surface area contributed by atoms with E-state index in [4.69, 9.17) is 0 Å². The van der Waals surface area contributed by atoms with E-state index in [-0.39, 0.29) is 24.9 Å². The normalized spacial score (nSPS) is 13.8. The van der Waals surface area contributed by atoms with Gasteiger partial charge in [-0.3, -0.25) is 9.69 Å². The number of rotatable bonds is 8. The molecule has 7 heteroatoms. The quantitative estimate of drug-likeness (QED) is 0.475. The van der Waals surface area contributed by atoms with Crippen LogP contribution >= 0.6 is 0 Å². The zero-order valence-corrected chi connectivity index (χ0v) is 19.2. The summed E-state index contributed by atoms with van der Waals surface area (Å²) < 4.78 is 0. The molecular formula is C27H31N5O2. The summed E-state index contributed by atoms with van der Waals surface area (Å²) in [7, 11) is 0. The molecular weight excluding hydrogens is 426 g/mol. The van der Waals surface area contributed by atoms with Crippen molar-refractivity contribution >= 4 is 29.0 Å². The van der Waals surface area contributed by atoms with Gasteiger partial charge in [0.25, 0.3) is 0 Å². The monoisotopic (exact) mass is 457 g/mol. The van der Waals surface area contributed by atoms with Crippen molar-refractivity contribution in [1.82, 2.24) is 10.2 Å². The fourth-order valence-electron chi connectivity index (χ4n) is 3.97. The van der Waals surface area contributed by atoms with Gasteiger partial charge in [-0.1, -0.05) is 48.5 Å². The fourth-order valence-corrected chi connectivity index (χ4v) is 3.97. The van der Waals surface area contributed by atoms with Crippen LogP contribution in [0.1, 0.15) is 12.0 Å². The molecule has 7 nitrogen and oxygen atoms in total. The molecule has 0 aliphatic carbocycles. The van der Waals surface area contributed by atoms with Crippen molar-refractivity contribution in [1.29, 1.82) is 0 Å². The Morgan fingerprint density at radius 1 is 0.706 bits per heavy atom. The number of benzene rings is 3. The lowest BCUT2D eigenvalue weighted by atomic mass is 10.2. The van der Waals surface area contributed by atoms with Crippen molar-refractivity contribution in [2.24, 2.45) is 0 Å². The second kappa shape index (κ2) is 11.9. The van der Waals surface area contributed by atoms with E-state index in [2.05, 4.69) is 56.1 Å². The number of nitrogens with zero attached hydrogens (tertiary/aromatic N) is 2. The summed E-state index contributed by atoms with van der Waals surface area (Å²) in [5.41, 5.74) is 3.98. The van der Waals surface area contributed by atoms with Crippen LogP contribution < -0.4 is 20.9 Å². The van der Waals surface area contributed by atoms with Crippen LogP contribution in [0.3, 0.4) is 0 Å². The van der Waals surface area contributed by atoms with Crippen LogP contribution in [0.5, 0.6) is 0 Å². The predicted molar refractivity (Wildman–Crippen MR) is 137 cm³/mol. The van der Waals surface area contributed by atoms with Crippen LogP contribution in [0.4, 0.5) is 21.9 Å². The third kappa shape index (κ3) is 7.08. The van der Waals surface area contributed by atoms with E-state index < -0.39 is 0 Å². The minimum absolute atomic E-state index is 0.137. The highest BCUT2D eigenvalue weighted by atomic mass is 16.2. The molecule has 1 aliphatic heterocycles. The summed E-state index contributed by atoms with van der Waals surface area (Å²) in [6.45, 7) is 5.26. The first kappa shape index (κ1) is 23.3. The summed E-state index contributed by atoms with van der Waals surface area (Å²) >= 11 is 0. The zero-order valence-electron chi connectivity index (χ0n) is 19.2. The van der Waals surface area contributed by atoms with E-state index in [0.717, 1.165) is 44.1 Å². The smallest absolute Gasteiger partial charge is 0.319 e. The molecule has 0 bridgehead atoms. The molecule has 4 rings (SSSR count). The van der Waals surface area contributed by atoms with E-state index >= 15 is 0 Å². The Morgan fingerprint density at radius 3 is 2.00 bits per heavy atom. The molecule has 34 heavy (non-hydrogen) atoms. The third-order valence-electron chi connectivity index (χ3n) is 5.81. The SMILES string of the molecule is O=C(CCNC(=O)Nc1ccccc1)Nc1ccc(N2CCN(Cc3ccccc3)CC2)cc1. The van der Waals surface area contributed by atoms with E-state index in [1.54, 1.807) is 12.1 Å². The minimum Gasteiger partial charge on any atom is -0.369 e. The maximum absolute atomic E-state index is 12.2. The van der Waals surface area contributed by atoms with E-state index in [0.29, 0.717) is 5.69 Å². The second-order valence-electron chi connectivity index (χ2n) is 8.34. The minimum atomic E-state index is -0.327. The third-order valence-corrected chi connectivity index (χ3v) is 5.81. The first-order valence-corrected chi connectivity index (χ1v) is 11.7. The number of carbonyl (C=O) groups excluding carboxylic acids is 2. The van der Waals surface area contributed by atoms with Crippen molar-refractivity contribution in [2.45, 2.75) is 13.0 Å². The Hall–Kier alpha value is -3.84. The fraction of sp³-hybridized carbons (Fsp3) is 0.259. The average Bonchev–Trinajstić information content (AvgIpc) is 2.86. The average molecular weight is 458 g/mol. The maximum Gasteiger partial charge on any atom is 0.319 e. The van der Waals surface area contributed by atoms with Gasteiger partial charge in [0.15, 0.2) is 0 Å².